The molecule has 0 fully saturated rings. The highest BCUT2D eigenvalue weighted by Gasteiger charge is 2.38. The number of nitriles is 1. The van der Waals surface area contributed by atoms with Crippen LogP contribution >= 0.6 is 0 Å². The molecule has 0 saturated carbocycles. The van der Waals surface area contributed by atoms with E-state index in [0.717, 1.165) is 6.20 Å². The summed E-state index contributed by atoms with van der Waals surface area (Å²) in [6.45, 7) is 0.208. The van der Waals surface area contributed by atoms with E-state index < -0.39 is 17.6 Å². The van der Waals surface area contributed by atoms with Gasteiger partial charge >= 0.3 is 6.18 Å². The van der Waals surface area contributed by atoms with Crippen molar-refractivity contribution in [3.63, 3.8) is 0 Å². The van der Waals surface area contributed by atoms with Gasteiger partial charge in [0, 0.05) is 30.7 Å². The van der Waals surface area contributed by atoms with Crippen molar-refractivity contribution in [2.75, 3.05) is 6.61 Å². The third kappa shape index (κ3) is 4.36. The number of ether oxygens (including phenoxy) is 2. The van der Waals surface area contributed by atoms with Gasteiger partial charge in [-0.15, -0.1) is 0 Å². The number of nitrogens with zero attached hydrogens (tertiary/aromatic N) is 2. The van der Waals surface area contributed by atoms with Crippen molar-refractivity contribution in [1.82, 2.24) is 4.98 Å². The third-order valence-electron chi connectivity index (χ3n) is 4.79. The van der Waals surface area contributed by atoms with Crippen molar-refractivity contribution in [3.8, 4) is 23.3 Å². The zero-order chi connectivity index (χ0) is 22.0. The van der Waals surface area contributed by atoms with Gasteiger partial charge < -0.3 is 9.47 Å². The minimum absolute atomic E-state index is 0.0911. The van der Waals surface area contributed by atoms with Gasteiger partial charge in [-0.2, -0.15) is 18.4 Å². The second-order valence-electron chi connectivity index (χ2n) is 6.91. The first kappa shape index (κ1) is 20.4. The summed E-state index contributed by atoms with van der Waals surface area (Å²) in [7, 11) is 0. The Hall–Kier alpha value is -3.86. The Labute approximate surface area is 175 Å². The molecule has 2 aromatic carbocycles. The summed E-state index contributed by atoms with van der Waals surface area (Å²) >= 11 is 0. The van der Waals surface area contributed by atoms with Gasteiger partial charge in [-0.25, -0.2) is 4.98 Å². The zero-order valence-electron chi connectivity index (χ0n) is 16.1. The molecule has 2 heterocycles. The molecule has 8 heteroatoms. The normalized spacial score (nSPS) is 13.2. The van der Waals surface area contributed by atoms with E-state index in [9.17, 15) is 18.0 Å². The van der Waals surface area contributed by atoms with E-state index in [2.05, 4.69) is 4.98 Å². The Balaban J connectivity index is 1.72. The molecule has 1 aromatic heterocycles. The van der Waals surface area contributed by atoms with Crippen LogP contribution < -0.4 is 9.47 Å². The van der Waals surface area contributed by atoms with Crippen molar-refractivity contribution in [1.29, 1.82) is 5.26 Å². The van der Waals surface area contributed by atoms with Crippen LogP contribution in [0.1, 0.15) is 39.2 Å². The first-order valence-electron chi connectivity index (χ1n) is 9.37. The van der Waals surface area contributed by atoms with E-state index in [1.54, 1.807) is 24.3 Å². The van der Waals surface area contributed by atoms with Gasteiger partial charge in [-0.3, -0.25) is 4.79 Å². The van der Waals surface area contributed by atoms with Crippen molar-refractivity contribution in [2.45, 2.75) is 19.0 Å². The number of benzene rings is 2. The fourth-order valence-electron chi connectivity index (χ4n) is 3.28. The molecule has 0 bridgehead atoms. The van der Waals surface area contributed by atoms with Crippen LogP contribution in [0.4, 0.5) is 13.2 Å². The molecule has 0 atom stereocenters. The Bertz CT molecular complexity index is 1180. The summed E-state index contributed by atoms with van der Waals surface area (Å²) in [4.78, 5) is 15.4. The molecular formula is C23H15F3N2O3. The Morgan fingerprint density at radius 2 is 1.90 bits per heavy atom. The maximum Gasteiger partial charge on any atom is 0.437 e. The molecule has 0 unspecified atom stereocenters. The summed E-state index contributed by atoms with van der Waals surface area (Å²) in [6, 6.07) is 14.3. The smallest absolute Gasteiger partial charge is 0.437 e. The maximum absolute atomic E-state index is 13.6. The highest BCUT2D eigenvalue weighted by Crippen LogP contribution is 2.40. The molecule has 3 aromatic rings. The van der Waals surface area contributed by atoms with Crippen molar-refractivity contribution in [3.05, 3.63) is 82.7 Å². The average Bonchev–Trinajstić information content (AvgIpc) is 2.75. The molecule has 0 N–H and O–H groups in total. The van der Waals surface area contributed by atoms with Crippen LogP contribution in [0.3, 0.4) is 0 Å². The largest absolute Gasteiger partial charge is 0.492 e. The van der Waals surface area contributed by atoms with Gasteiger partial charge in [0.25, 0.3) is 0 Å². The number of pyridine rings is 1. The topological polar surface area (TPSA) is 72.2 Å². The maximum atomic E-state index is 13.6. The van der Waals surface area contributed by atoms with E-state index >= 15 is 0 Å². The fraction of sp³-hybridized carbons (Fsp3) is 0.174. The second-order valence-corrected chi connectivity index (χ2v) is 6.91. The van der Waals surface area contributed by atoms with Crippen LogP contribution in [0, 0.1) is 11.3 Å². The van der Waals surface area contributed by atoms with E-state index in [0.29, 0.717) is 16.7 Å². The van der Waals surface area contributed by atoms with Gasteiger partial charge in [0.2, 0.25) is 0 Å². The Kier molecular flexibility index (Phi) is 5.34. The third-order valence-corrected chi connectivity index (χ3v) is 4.79. The van der Waals surface area contributed by atoms with Crippen LogP contribution in [0.25, 0.3) is 0 Å². The molecule has 0 saturated heterocycles. The van der Waals surface area contributed by atoms with Gasteiger partial charge in [0.1, 0.15) is 11.5 Å². The predicted molar refractivity (Wildman–Crippen MR) is 104 cm³/mol. The highest BCUT2D eigenvalue weighted by molar-refractivity contribution is 5.99. The molecule has 0 aliphatic carbocycles. The SMILES string of the molecule is N#Cc1ccc(Cc2ccnc(C(F)(F)F)c2Oc2ccc3c(c2)OCCC3=O)cc1. The fourth-order valence-corrected chi connectivity index (χ4v) is 3.28. The van der Waals surface area contributed by atoms with Crippen LogP contribution in [0.15, 0.2) is 54.7 Å². The predicted octanol–water partition coefficient (Wildman–Crippen LogP) is 5.32. The monoisotopic (exact) mass is 424 g/mol. The molecule has 0 amide bonds. The van der Waals surface area contributed by atoms with Crippen molar-refractivity contribution < 1.29 is 27.4 Å². The number of Topliss-reactive ketones (excluding diaryl/α,β-unsaturated/α-hetero) is 1. The van der Waals surface area contributed by atoms with Crippen LogP contribution in [-0.2, 0) is 12.6 Å². The number of aromatic nitrogens is 1. The minimum atomic E-state index is -4.73. The van der Waals surface area contributed by atoms with Crippen molar-refractivity contribution >= 4 is 5.78 Å². The number of alkyl halides is 3. The zero-order valence-corrected chi connectivity index (χ0v) is 16.1. The number of fused-ring (bicyclic) bond motifs is 1. The summed E-state index contributed by atoms with van der Waals surface area (Å²) < 4.78 is 52.0. The Morgan fingerprint density at radius 3 is 2.61 bits per heavy atom. The molecule has 4 rings (SSSR count). The van der Waals surface area contributed by atoms with Gasteiger partial charge in [-0.05, 0) is 35.9 Å². The molecule has 1 aliphatic heterocycles. The lowest BCUT2D eigenvalue weighted by molar-refractivity contribution is -0.142. The summed E-state index contributed by atoms with van der Waals surface area (Å²) in [5, 5.41) is 8.92. The van der Waals surface area contributed by atoms with E-state index in [-0.39, 0.29) is 42.3 Å². The number of hydrogen-bond acceptors (Lipinski definition) is 5. The second kappa shape index (κ2) is 8.11. The quantitative estimate of drug-likeness (QED) is 0.567. The molecule has 156 valence electrons. The Morgan fingerprint density at radius 1 is 1.13 bits per heavy atom. The molecule has 31 heavy (non-hydrogen) atoms. The average molecular weight is 424 g/mol. The van der Waals surface area contributed by atoms with E-state index in [1.165, 1.54) is 24.3 Å². The molecule has 5 nitrogen and oxygen atoms in total. The number of carbonyl (C=O) groups is 1. The minimum Gasteiger partial charge on any atom is -0.492 e. The molecule has 1 aliphatic rings. The lowest BCUT2D eigenvalue weighted by Crippen LogP contribution is -2.15. The summed E-state index contributed by atoms with van der Waals surface area (Å²) in [5.41, 5.74) is 0.672. The molecule has 0 spiro atoms. The number of halogens is 3. The lowest BCUT2D eigenvalue weighted by atomic mass is 10.0. The standard InChI is InChI=1S/C23H15F3N2O3/c24-23(25,26)22-21(31-17-5-6-18-19(29)8-10-30-20(18)12-17)16(7-9-28-22)11-14-1-3-15(13-27)4-2-14/h1-7,9,12H,8,10-11H2. The van der Waals surface area contributed by atoms with Crippen molar-refractivity contribution in [2.24, 2.45) is 0 Å². The van der Waals surface area contributed by atoms with Crippen LogP contribution in [0.5, 0.6) is 17.2 Å². The highest BCUT2D eigenvalue weighted by atomic mass is 19.4. The molecule has 0 radical (unpaired) electrons. The molecular weight excluding hydrogens is 409 g/mol. The number of carbonyl (C=O) groups excluding carboxylic acids is 1. The van der Waals surface area contributed by atoms with Gasteiger partial charge in [-0.1, -0.05) is 12.1 Å². The van der Waals surface area contributed by atoms with Gasteiger partial charge in [0.15, 0.2) is 17.2 Å². The first-order valence-corrected chi connectivity index (χ1v) is 9.37. The summed E-state index contributed by atoms with van der Waals surface area (Å²) in [6.07, 6.45) is -3.24. The van der Waals surface area contributed by atoms with Crippen LogP contribution in [-0.4, -0.2) is 17.4 Å². The van der Waals surface area contributed by atoms with Crippen LogP contribution in [0.2, 0.25) is 0 Å². The first-order chi connectivity index (χ1) is 14.8. The summed E-state index contributed by atoms with van der Waals surface area (Å²) in [5.74, 6) is -0.124. The number of hydrogen-bond donors (Lipinski definition) is 0. The van der Waals surface area contributed by atoms with E-state index in [1.807, 2.05) is 6.07 Å². The lowest BCUT2D eigenvalue weighted by Gasteiger charge is -2.19. The van der Waals surface area contributed by atoms with E-state index in [4.69, 9.17) is 14.7 Å². The number of ketones is 1. The number of rotatable bonds is 4. The van der Waals surface area contributed by atoms with Gasteiger partial charge in [0.05, 0.1) is 23.8 Å².